The van der Waals surface area contributed by atoms with Crippen LogP contribution in [-0.2, 0) is 0 Å². The largest absolute Gasteiger partial charge is 0.383 e. The molecule has 1 aliphatic rings. The SMILES string of the molecule is CCCN1C(C)=C(C)N(CC)C1C.N#C[B-](C#N)(C#N)C#N. The fourth-order valence-electron chi connectivity index (χ4n) is 2.41. The standard InChI is InChI=1S/C11H22N2.C4BN4/c1-6-8-13-10(4)9(3)12(7-2)11(13)5;6-1-5(2-7,3-8)4-9/h11H,6-8H2,1-5H3;/q;-1. The van der Waals surface area contributed by atoms with E-state index in [0.717, 1.165) is 6.54 Å². The highest BCUT2D eigenvalue weighted by molar-refractivity contribution is 7.05. The molecular formula is C15H22BN6-. The fraction of sp³-hybridized carbons (Fsp3) is 0.600. The van der Waals surface area contributed by atoms with Crippen molar-refractivity contribution in [3.63, 3.8) is 0 Å². The van der Waals surface area contributed by atoms with Crippen molar-refractivity contribution < 1.29 is 0 Å². The summed E-state index contributed by atoms with van der Waals surface area (Å²) in [6, 6.07) is 0. The van der Waals surface area contributed by atoms with Crippen molar-refractivity contribution in [1.82, 2.24) is 9.80 Å². The van der Waals surface area contributed by atoms with Gasteiger partial charge in [-0.1, -0.05) is 6.92 Å². The van der Waals surface area contributed by atoms with Crippen molar-refractivity contribution >= 4 is 6.15 Å². The molecule has 6 nitrogen and oxygen atoms in total. The van der Waals surface area contributed by atoms with Crippen LogP contribution in [0.2, 0.25) is 0 Å². The average molecular weight is 297 g/mol. The van der Waals surface area contributed by atoms with E-state index in [2.05, 4.69) is 44.4 Å². The van der Waals surface area contributed by atoms with Gasteiger partial charge in [0.2, 0.25) is 0 Å². The quantitative estimate of drug-likeness (QED) is 0.741. The van der Waals surface area contributed by atoms with E-state index in [4.69, 9.17) is 21.0 Å². The predicted octanol–water partition coefficient (Wildman–Crippen LogP) is 2.32. The summed E-state index contributed by atoms with van der Waals surface area (Å²) in [5, 5.41) is 32.3. The summed E-state index contributed by atoms with van der Waals surface area (Å²) in [4.78, 5) is 4.96. The molecular weight excluding hydrogens is 275 g/mol. The van der Waals surface area contributed by atoms with Crippen LogP contribution in [0.1, 0.15) is 41.0 Å². The van der Waals surface area contributed by atoms with Gasteiger partial charge < -0.3 is 9.80 Å². The minimum atomic E-state index is -2.72. The van der Waals surface area contributed by atoms with E-state index in [0.29, 0.717) is 6.17 Å². The van der Waals surface area contributed by atoms with Gasteiger partial charge in [-0.3, -0.25) is 0 Å². The van der Waals surface area contributed by atoms with Gasteiger partial charge in [0.15, 0.2) is 0 Å². The average Bonchev–Trinajstić information content (AvgIpc) is 2.74. The maximum absolute atomic E-state index is 8.09. The number of nitrogens with zero attached hydrogens (tertiary/aromatic N) is 6. The second kappa shape index (κ2) is 8.61. The third kappa shape index (κ3) is 3.94. The highest BCUT2D eigenvalue weighted by Crippen LogP contribution is 2.28. The lowest BCUT2D eigenvalue weighted by Gasteiger charge is -2.30. The molecule has 0 saturated heterocycles. The molecule has 0 N–H and O–H groups in total. The minimum Gasteiger partial charge on any atom is -0.354 e. The van der Waals surface area contributed by atoms with Crippen molar-refractivity contribution in [3.8, 4) is 23.9 Å². The van der Waals surface area contributed by atoms with Crippen LogP contribution in [0.15, 0.2) is 11.4 Å². The van der Waals surface area contributed by atoms with Crippen LogP contribution in [0.4, 0.5) is 0 Å². The second-order valence-electron chi connectivity index (χ2n) is 5.16. The van der Waals surface area contributed by atoms with E-state index in [9.17, 15) is 0 Å². The summed E-state index contributed by atoms with van der Waals surface area (Å²) < 4.78 is 0. The normalized spacial score (nSPS) is 16.9. The summed E-state index contributed by atoms with van der Waals surface area (Å²) in [5.41, 5.74) is 2.90. The maximum atomic E-state index is 8.09. The molecule has 1 heterocycles. The van der Waals surface area contributed by atoms with Crippen molar-refractivity contribution in [1.29, 1.82) is 21.0 Å². The molecule has 0 aromatic carbocycles. The van der Waals surface area contributed by atoms with Crippen molar-refractivity contribution in [2.75, 3.05) is 13.1 Å². The second-order valence-corrected chi connectivity index (χ2v) is 5.16. The van der Waals surface area contributed by atoms with Gasteiger partial charge in [-0.15, -0.1) is 23.9 Å². The molecule has 0 aliphatic carbocycles. The minimum absolute atomic E-state index is 0.560. The van der Waals surface area contributed by atoms with Crippen LogP contribution >= 0.6 is 0 Å². The molecule has 1 aliphatic heterocycles. The van der Waals surface area contributed by atoms with Crippen LogP contribution in [0.3, 0.4) is 0 Å². The van der Waals surface area contributed by atoms with Crippen LogP contribution in [-0.4, -0.2) is 35.2 Å². The number of hydrogen-bond acceptors (Lipinski definition) is 6. The monoisotopic (exact) mass is 297 g/mol. The molecule has 0 saturated carbocycles. The first-order valence-corrected chi connectivity index (χ1v) is 7.39. The predicted molar refractivity (Wildman–Crippen MR) is 85.4 cm³/mol. The molecule has 1 rings (SSSR count). The Morgan fingerprint density at radius 2 is 1.32 bits per heavy atom. The maximum Gasteiger partial charge on any atom is 0.383 e. The van der Waals surface area contributed by atoms with Crippen molar-refractivity contribution in [2.45, 2.75) is 47.2 Å². The van der Waals surface area contributed by atoms with Gasteiger partial charge in [-0.2, -0.15) is 0 Å². The van der Waals surface area contributed by atoms with Gasteiger partial charge in [-0.05, 0) is 34.1 Å². The van der Waals surface area contributed by atoms with Gasteiger partial charge in [0.25, 0.3) is 0 Å². The highest BCUT2D eigenvalue weighted by Gasteiger charge is 2.28. The summed E-state index contributed by atoms with van der Waals surface area (Å²) >= 11 is 0. The molecule has 0 bridgehead atoms. The topological polar surface area (TPSA) is 102 Å². The zero-order chi connectivity index (χ0) is 17.3. The number of allylic oxidation sites excluding steroid dienone is 2. The zero-order valence-corrected chi connectivity index (χ0v) is 14.0. The van der Waals surface area contributed by atoms with Gasteiger partial charge in [-0.25, -0.2) is 21.0 Å². The van der Waals surface area contributed by atoms with Gasteiger partial charge in [0.05, 0.1) is 6.17 Å². The lowest BCUT2D eigenvalue weighted by molar-refractivity contribution is 0.160. The molecule has 7 heteroatoms. The molecule has 22 heavy (non-hydrogen) atoms. The molecule has 116 valence electrons. The van der Waals surface area contributed by atoms with E-state index in [1.807, 2.05) is 0 Å². The van der Waals surface area contributed by atoms with Crippen molar-refractivity contribution in [3.05, 3.63) is 11.4 Å². The lowest BCUT2D eigenvalue weighted by atomic mass is 9.30. The highest BCUT2D eigenvalue weighted by atomic mass is 15.4. The Hall–Kier alpha value is -2.64. The van der Waals surface area contributed by atoms with Crippen LogP contribution < -0.4 is 0 Å². The van der Waals surface area contributed by atoms with Gasteiger partial charge in [0.1, 0.15) is 0 Å². The lowest BCUT2D eigenvalue weighted by Crippen LogP contribution is -2.37. The Kier molecular flexibility index (Phi) is 7.58. The molecule has 0 aromatic rings. The van der Waals surface area contributed by atoms with Crippen LogP contribution in [0.25, 0.3) is 0 Å². The summed E-state index contributed by atoms with van der Waals surface area (Å²) in [5.74, 6) is 5.38. The van der Waals surface area contributed by atoms with E-state index in [1.165, 1.54) is 48.2 Å². The van der Waals surface area contributed by atoms with E-state index in [1.54, 1.807) is 0 Å². The zero-order valence-electron chi connectivity index (χ0n) is 14.0. The Morgan fingerprint density at radius 3 is 1.55 bits per heavy atom. The summed E-state index contributed by atoms with van der Waals surface area (Å²) in [6.45, 7) is 13.5. The number of hydrogen-bond donors (Lipinski definition) is 0. The summed E-state index contributed by atoms with van der Waals surface area (Å²) in [7, 11) is 0. The Morgan fingerprint density at radius 1 is 0.909 bits per heavy atom. The van der Waals surface area contributed by atoms with E-state index < -0.39 is 6.15 Å². The van der Waals surface area contributed by atoms with Gasteiger partial charge in [0, 0.05) is 24.5 Å². The van der Waals surface area contributed by atoms with Crippen LogP contribution in [0.5, 0.6) is 0 Å². The third-order valence-electron chi connectivity index (χ3n) is 3.87. The Balaban J connectivity index is 0.000000433. The molecule has 1 unspecified atom stereocenters. The van der Waals surface area contributed by atoms with Crippen LogP contribution in [0, 0.1) is 44.9 Å². The first-order valence-electron chi connectivity index (χ1n) is 7.39. The fourth-order valence-corrected chi connectivity index (χ4v) is 2.41. The van der Waals surface area contributed by atoms with E-state index in [-0.39, 0.29) is 0 Å². The first kappa shape index (κ1) is 19.4. The van der Waals surface area contributed by atoms with Crippen molar-refractivity contribution in [2.24, 2.45) is 0 Å². The van der Waals surface area contributed by atoms with Gasteiger partial charge >= 0.3 is 6.15 Å². The molecule has 1 atom stereocenters. The molecule has 0 amide bonds. The summed E-state index contributed by atoms with van der Waals surface area (Å²) in [6.07, 6.45) is -0.933. The Labute approximate surface area is 133 Å². The molecule has 0 aromatic heterocycles. The third-order valence-corrected chi connectivity index (χ3v) is 3.87. The Bertz CT molecular complexity index is 522. The number of nitriles is 4. The van der Waals surface area contributed by atoms with E-state index >= 15 is 0 Å². The molecule has 0 spiro atoms. The molecule has 0 radical (unpaired) electrons. The molecule has 0 fully saturated rings. The first-order chi connectivity index (χ1) is 10.4. The number of rotatable bonds is 3. The smallest absolute Gasteiger partial charge is 0.354 e.